The highest BCUT2D eigenvalue weighted by molar-refractivity contribution is 5.27. The number of hydrogen-bond donors (Lipinski definition) is 1. The summed E-state index contributed by atoms with van der Waals surface area (Å²) in [6.45, 7) is 7.64. The summed E-state index contributed by atoms with van der Waals surface area (Å²) in [6, 6.07) is 8.12. The van der Waals surface area contributed by atoms with Crippen LogP contribution in [0.2, 0.25) is 0 Å². The minimum absolute atomic E-state index is 0.432. The van der Waals surface area contributed by atoms with Gasteiger partial charge in [0.05, 0.1) is 6.54 Å². The van der Waals surface area contributed by atoms with E-state index in [-0.39, 0.29) is 0 Å². The minimum atomic E-state index is 0.432. The van der Waals surface area contributed by atoms with E-state index in [2.05, 4.69) is 42.8 Å². The van der Waals surface area contributed by atoms with E-state index in [0.29, 0.717) is 13.2 Å². The summed E-state index contributed by atoms with van der Waals surface area (Å²) < 4.78 is 5.49. The van der Waals surface area contributed by atoms with Gasteiger partial charge in [-0.25, -0.2) is 0 Å². The molecule has 2 heteroatoms. The van der Waals surface area contributed by atoms with Gasteiger partial charge in [0.2, 0.25) is 0 Å². The molecule has 0 unspecified atom stereocenters. The van der Waals surface area contributed by atoms with Gasteiger partial charge in [-0.1, -0.05) is 37.0 Å². The maximum Gasteiger partial charge on any atom is 0.149 e. The van der Waals surface area contributed by atoms with Gasteiger partial charge < -0.3 is 10.1 Å². The Labute approximate surface area is 104 Å². The Balaban J connectivity index is 2.23. The van der Waals surface area contributed by atoms with E-state index < -0.39 is 0 Å². The van der Waals surface area contributed by atoms with E-state index in [9.17, 15) is 0 Å². The Morgan fingerprint density at radius 2 is 2.06 bits per heavy atom. The second-order valence-electron chi connectivity index (χ2n) is 3.56. The summed E-state index contributed by atoms with van der Waals surface area (Å²) in [5, 5.41) is 3.10. The molecule has 1 rings (SSSR count). The SMILES string of the molecule is C=CCNCC#CCOc1ccc(CC)cc1. The van der Waals surface area contributed by atoms with Crippen molar-refractivity contribution < 1.29 is 4.74 Å². The molecule has 0 spiro atoms. The van der Waals surface area contributed by atoms with Crippen molar-refractivity contribution in [1.29, 1.82) is 0 Å². The van der Waals surface area contributed by atoms with Crippen LogP contribution in [0.5, 0.6) is 5.75 Å². The van der Waals surface area contributed by atoms with Crippen molar-refractivity contribution >= 4 is 0 Å². The van der Waals surface area contributed by atoms with E-state index in [1.807, 2.05) is 18.2 Å². The molecule has 0 saturated carbocycles. The smallest absolute Gasteiger partial charge is 0.149 e. The zero-order valence-electron chi connectivity index (χ0n) is 10.3. The van der Waals surface area contributed by atoms with E-state index in [0.717, 1.165) is 18.7 Å². The van der Waals surface area contributed by atoms with Crippen LogP contribution in [-0.4, -0.2) is 19.7 Å². The molecule has 1 aromatic carbocycles. The predicted molar refractivity (Wildman–Crippen MR) is 72.2 cm³/mol. The lowest BCUT2D eigenvalue weighted by Crippen LogP contribution is -2.13. The summed E-state index contributed by atoms with van der Waals surface area (Å²) in [4.78, 5) is 0. The van der Waals surface area contributed by atoms with Crippen LogP contribution in [0.25, 0.3) is 0 Å². The van der Waals surface area contributed by atoms with E-state index in [1.54, 1.807) is 0 Å². The summed E-state index contributed by atoms with van der Waals surface area (Å²) in [7, 11) is 0. The van der Waals surface area contributed by atoms with E-state index in [1.165, 1.54) is 5.56 Å². The molecule has 0 heterocycles. The van der Waals surface area contributed by atoms with Crippen molar-refractivity contribution in [2.24, 2.45) is 0 Å². The molecule has 0 saturated heterocycles. The van der Waals surface area contributed by atoms with Crippen molar-refractivity contribution in [2.75, 3.05) is 19.7 Å². The van der Waals surface area contributed by atoms with Gasteiger partial charge in [0, 0.05) is 6.54 Å². The van der Waals surface area contributed by atoms with E-state index >= 15 is 0 Å². The molecule has 2 nitrogen and oxygen atoms in total. The lowest BCUT2D eigenvalue weighted by molar-refractivity contribution is 0.370. The Kier molecular flexibility index (Phi) is 6.62. The molecule has 90 valence electrons. The van der Waals surface area contributed by atoms with Gasteiger partial charge in [0.25, 0.3) is 0 Å². The molecule has 0 aliphatic heterocycles. The standard InChI is InChI=1S/C15H19NO/c1-3-11-16-12-5-6-13-17-15-9-7-14(4-2)8-10-15/h3,7-10,16H,1,4,11-13H2,2H3. The van der Waals surface area contributed by atoms with Crippen molar-refractivity contribution in [2.45, 2.75) is 13.3 Å². The summed E-state index contributed by atoms with van der Waals surface area (Å²) >= 11 is 0. The van der Waals surface area contributed by atoms with Crippen LogP contribution in [0.1, 0.15) is 12.5 Å². The summed E-state index contributed by atoms with van der Waals surface area (Å²) in [6.07, 6.45) is 2.86. The Bertz CT molecular complexity index is 384. The average Bonchev–Trinajstić information content (AvgIpc) is 2.38. The van der Waals surface area contributed by atoms with Crippen LogP contribution < -0.4 is 10.1 Å². The number of hydrogen-bond acceptors (Lipinski definition) is 2. The van der Waals surface area contributed by atoms with Crippen LogP contribution in [0.15, 0.2) is 36.9 Å². The van der Waals surface area contributed by atoms with Crippen molar-refractivity contribution in [3.8, 4) is 17.6 Å². The van der Waals surface area contributed by atoms with Crippen LogP contribution in [0.4, 0.5) is 0 Å². The van der Waals surface area contributed by atoms with Gasteiger partial charge in [-0.2, -0.15) is 0 Å². The zero-order chi connectivity index (χ0) is 12.3. The molecule has 0 aliphatic rings. The fraction of sp³-hybridized carbons (Fsp3) is 0.333. The van der Waals surface area contributed by atoms with Gasteiger partial charge in [-0.15, -0.1) is 6.58 Å². The van der Waals surface area contributed by atoms with Gasteiger partial charge in [0.15, 0.2) is 0 Å². The number of ether oxygens (including phenoxy) is 1. The molecule has 0 radical (unpaired) electrons. The molecular formula is C15H19NO. The second-order valence-corrected chi connectivity index (χ2v) is 3.56. The summed E-state index contributed by atoms with van der Waals surface area (Å²) in [5.74, 6) is 6.80. The van der Waals surface area contributed by atoms with Crippen LogP contribution in [0.3, 0.4) is 0 Å². The fourth-order valence-electron chi connectivity index (χ4n) is 1.29. The maximum absolute atomic E-state index is 5.49. The van der Waals surface area contributed by atoms with Crippen molar-refractivity contribution in [1.82, 2.24) is 5.32 Å². The third-order valence-electron chi connectivity index (χ3n) is 2.27. The minimum Gasteiger partial charge on any atom is -0.481 e. The predicted octanol–water partition coefficient (Wildman–Crippen LogP) is 2.41. The van der Waals surface area contributed by atoms with Crippen molar-refractivity contribution in [3.63, 3.8) is 0 Å². The zero-order valence-corrected chi connectivity index (χ0v) is 10.3. The largest absolute Gasteiger partial charge is 0.481 e. The van der Waals surface area contributed by atoms with Crippen LogP contribution in [0, 0.1) is 11.8 Å². The lowest BCUT2D eigenvalue weighted by Gasteiger charge is -2.02. The third-order valence-corrected chi connectivity index (χ3v) is 2.27. The maximum atomic E-state index is 5.49. The summed E-state index contributed by atoms with van der Waals surface area (Å²) in [5.41, 5.74) is 1.32. The highest BCUT2D eigenvalue weighted by Gasteiger charge is 1.91. The van der Waals surface area contributed by atoms with E-state index in [4.69, 9.17) is 4.74 Å². The molecule has 0 amide bonds. The molecule has 0 atom stereocenters. The number of benzene rings is 1. The first-order valence-corrected chi connectivity index (χ1v) is 5.86. The Morgan fingerprint density at radius 3 is 2.71 bits per heavy atom. The van der Waals surface area contributed by atoms with Crippen LogP contribution >= 0.6 is 0 Å². The van der Waals surface area contributed by atoms with Gasteiger partial charge in [0.1, 0.15) is 12.4 Å². The fourth-order valence-corrected chi connectivity index (χ4v) is 1.29. The number of nitrogens with one attached hydrogen (secondary N) is 1. The molecule has 0 bridgehead atoms. The van der Waals surface area contributed by atoms with Gasteiger partial charge >= 0.3 is 0 Å². The first-order valence-electron chi connectivity index (χ1n) is 5.86. The molecule has 1 aromatic rings. The highest BCUT2D eigenvalue weighted by atomic mass is 16.5. The molecule has 0 aromatic heterocycles. The van der Waals surface area contributed by atoms with Crippen LogP contribution in [-0.2, 0) is 6.42 Å². The quantitative estimate of drug-likeness (QED) is 0.459. The second kappa shape index (κ2) is 8.43. The monoisotopic (exact) mass is 229 g/mol. The molecule has 0 fully saturated rings. The Hall–Kier alpha value is -1.72. The van der Waals surface area contributed by atoms with Crippen molar-refractivity contribution in [3.05, 3.63) is 42.5 Å². The highest BCUT2D eigenvalue weighted by Crippen LogP contribution is 2.11. The third kappa shape index (κ3) is 5.79. The molecule has 0 aliphatic carbocycles. The average molecular weight is 229 g/mol. The first-order chi connectivity index (χ1) is 8.36. The lowest BCUT2D eigenvalue weighted by atomic mass is 10.2. The topological polar surface area (TPSA) is 21.3 Å². The Morgan fingerprint density at radius 1 is 1.29 bits per heavy atom. The first kappa shape index (κ1) is 13.3. The molecular weight excluding hydrogens is 210 g/mol. The number of rotatable bonds is 6. The molecule has 1 N–H and O–H groups in total. The van der Waals surface area contributed by atoms with Gasteiger partial charge in [-0.05, 0) is 24.1 Å². The molecule has 17 heavy (non-hydrogen) atoms. The number of aryl methyl sites for hydroxylation is 1. The normalized spacial score (nSPS) is 9.24. The van der Waals surface area contributed by atoms with Gasteiger partial charge in [-0.3, -0.25) is 0 Å².